The third kappa shape index (κ3) is 3.30. The molecule has 0 bridgehead atoms. The molecule has 0 saturated carbocycles. The topological polar surface area (TPSA) is 15.3 Å². The first-order valence-corrected chi connectivity index (χ1v) is 6.70. The highest BCUT2D eigenvalue weighted by molar-refractivity contribution is 5.16. The summed E-state index contributed by atoms with van der Waals surface area (Å²) in [5.41, 5.74) is 1.44. The SMILES string of the molecule is CC1CN(C(C)C)C(Cc2ccccc2)CN1. The Kier molecular flexibility index (Phi) is 4.19. The molecule has 17 heavy (non-hydrogen) atoms. The summed E-state index contributed by atoms with van der Waals surface area (Å²) in [5, 5.41) is 3.60. The summed E-state index contributed by atoms with van der Waals surface area (Å²) in [6, 6.07) is 12.7. The molecule has 1 aliphatic heterocycles. The van der Waals surface area contributed by atoms with Gasteiger partial charge in [-0.2, -0.15) is 0 Å². The van der Waals surface area contributed by atoms with Gasteiger partial charge in [0.1, 0.15) is 0 Å². The molecule has 1 aromatic carbocycles. The van der Waals surface area contributed by atoms with Crippen LogP contribution in [0.5, 0.6) is 0 Å². The van der Waals surface area contributed by atoms with Gasteiger partial charge in [-0.25, -0.2) is 0 Å². The third-order valence-electron chi connectivity index (χ3n) is 3.63. The van der Waals surface area contributed by atoms with Gasteiger partial charge < -0.3 is 5.32 Å². The standard InChI is InChI=1S/C15H24N2/c1-12(2)17-11-13(3)16-10-15(17)9-14-7-5-4-6-8-14/h4-8,12-13,15-16H,9-11H2,1-3H3. The van der Waals surface area contributed by atoms with E-state index in [0.29, 0.717) is 18.1 Å². The van der Waals surface area contributed by atoms with Crippen molar-refractivity contribution >= 4 is 0 Å². The number of rotatable bonds is 3. The Labute approximate surface area is 105 Å². The molecule has 1 aromatic rings. The molecule has 2 rings (SSSR count). The number of nitrogens with one attached hydrogen (secondary N) is 1. The van der Waals surface area contributed by atoms with Gasteiger partial charge in [0, 0.05) is 31.2 Å². The maximum Gasteiger partial charge on any atom is 0.0264 e. The summed E-state index contributed by atoms with van der Waals surface area (Å²) in [6.07, 6.45) is 1.15. The van der Waals surface area contributed by atoms with Crippen molar-refractivity contribution in [3.63, 3.8) is 0 Å². The predicted octanol–water partition coefficient (Wildman–Crippen LogP) is 2.30. The highest BCUT2D eigenvalue weighted by atomic mass is 15.2. The molecule has 1 fully saturated rings. The van der Waals surface area contributed by atoms with Crippen molar-refractivity contribution in [1.82, 2.24) is 10.2 Å². The van der Waals surface area contributed by atoms with E-state index in [1.165, 1.54) is 5.56 Å². The van der Waals surface area contributed by atoms with Crippen LogP contribution in [0.3, 0.4) is 0 Å². The van der Waals surface area contributed by atoms with Crippen LogP contribution in [0.2, 0.25) is 0 Å². The molecular weight excluding hydrogens is 208 g/mol. The minimum atomic E-state index is 0.615. The second-order valence-electron chi connectivity index (χ2n) is 5.44. The zero-order valence-corrected chi connectivity index (χ0v) is 11.2. The van der Waals surface area contributed by atoms with Gasteiger partial charge in [-0.05, 0) is 32.8 Å². The summed E-state index contributed by atoms with van der Waals surface area (Å²) in [4.78, 5) is 2.63. The molecule has 94 valence electrons. The molecule has 0 aromatic heterocycles. The average molecular weight is 232 g/mol. The van der Waals surface area contributed by atoms with Crippen LogP contribution in [0.15, 0.2) is 30.3 Å². The van der Waals surface area contributed by atoms with Crippen LogP contribution in [0.4, 0.5) is 0 Å². The van der Waals surface area contributed by atoms with Gasteiger partial charge in [0.25, 0.3) is 0 Å². The summed E-state index contributed by atoms with van der Waals surface area (Å²) in [5.74, 6) is 0. The fraction of sp³-hybridized carbons (Fsp3) is 0.600. The van der Waals surface area contributed by atoms with E-state index in [4.69, 9.17) is 0 Å². The average Bonchev–Trinajstić information content (AvgIpc) is 2.32. The molecule has 2 unspecified atom stereocenters. The first-order chi connectivity index (χ1) is 8.16. The maximum absolute atomic E-state index is 3.60. The normalized spacial score (nSPS) is 26.4. The summed E-state index contributed by atoms with van der Waals surface area (Å²) < 4.78 is 0. The van der Waals surface area contributed by atoms with Crippen LogP contribution in [-0.4, -0.2) is 36.1 Å². The van der Waals surface area contributed by atoms with Gasteiger partial charge >= 0.3 is 0 Å². The molecular formula is C15H24N2. The van der Waals surface area contributed by atoms with Crippen LogP contribution < -0.4 is 5.32 Å². The lowest BCUT2D eigenvalue weighted by molar-refractivity contribution is 0.101. The molecule has 0 aliphatic carbocycles. The fourth-order valence-electron chi connectivity index (χ4n) is 2.69. The van der Waals surface area contributed by atoms with E-state index in [9.17, 15) is 0 Å². The number of benzene rings is 1. The lowest BCUT2D eigenvalue weighted by Gasteiger charge is -2.42. The Bertz CT molecular complexity index is 334. The third-order valence-corrected chi connectivity index (χ3v) is 3.63. The van der Waals surface area contributed by atoms with Crippen LogP contribution in [0.1, 0.15) is 26.3 Å². The highest BCUT2D eigenvalue weighted by Gasteiger charge is 2.27. The molecule has 1 N–H and O–H groups in total. The zero-order chi connectivity index (χ0) is 12.3. The Morgan fingerprint density at radius 2 is 2.00 bits per heavy atom. The van der Waals surface area contributed by atoms with Crippen LogP contribution >= 0.6 is 0 Å². The predicted molar refractivity (Wildman–Crippen MR) is 73.2 cm³/mol. The number of piperazine rings is 1. The van der Waals surface area contributed by atoms with Gasteiger partial charge in [-0.15, -0.1) is 0 Å². The van der Waals surface area contributed by atoms with E-state index < -0.39 is 0 Å². The minimum Gasteiger partial charge on any atom is -0.311 e. The highest BCUT2D eigenvalue weighted by Crippen LogP contribution is 2.15. The van der Waals surface area contributed by atoms with Crippen molar-refractivity contribution in [3.05, 3.63) is 35.9 Å². The number of nitrogens with zero attached hydrogens (tertiary/aromatic N) is 1. The van der Waals surface area contributed by atoms with E-state index in [0.717, 1.165) is 19.5 Å². The van der Waals surface area contributed by atoms with Crippen molar-refractivity contribution in [3.8, 4) is 0 Å². The molecule has 2 atom stereocenters. The molecule has 0 amide bonds. The molecule has 0 radical (unpaired) electrons. The van der Waals surface area contributed by atoms with E-state index in [1.54, 1.807) is 0 Å². The molecule has 0 spiro atoms. The van der Waals surface area contributed by atoms with E-state index in [1.807, 2.05) is 0 Å². The van der Waals surface area contributed by atoms with E-state index in [-0.39, 0.29) is 0 Å². The molecule has 1 saturated heterocycles. The second kappa shape index (κ2) is 5.65. The lowest BCUT2D eigenvalue weighted by Crippen LogP contribution is -2.58. The Morgan fingerprint density at radius 3 is 2.65 bits per heavy atom. The smallest absolute Gasteiger partial charge is 0.0264 e. The van der Waals surface area contributed by atoms with Gasteiger partial charge in [-0.1, -0.05) is 30.3 Å². The molecule has 1 aliphatic rings. The van der Waals surface area contributed by atoms with Gasteiger partial charge in [-0.3, -0.25) is 4.90 Å². The monoisotopic (exact) mass is 232 g/mol. The van der Waals surface area contributed by atoms with Gasteiger partial charge in [0.15, 0.2) is 0 Å². The van der Waals surface area contributed by atoms with Crippen LogP contribution in [0.25, 0.3) is 0 Å². The second-order valence-corrected chi connectivity index (χ2v) is 5.44. The number of hydrogen-bond acceptors (Lipinski definition) is 2. The van der Waals surface area contributed by atoms with Crippen molar-refractivity contribution < 1.29 is 0 Å². The Balaban J connectivity index is 2.03. The molecule has 2 nitrogen and oxygen atoms in total. The van der Waals surface area contributed by atoms with Gasteiger partial charge in [0.2, 0.25) is 0 Å². The number of hydrogen-bond donors (Lipinski definition) is 1. The van der Waals surface area contributed by atoms with Crippen molar-refractivity contribution in [1.29, 1.82) is 0 Å². The van der Waals surface area contributed by atoms with Crippen LogP contribution in [0, 0.1) is 0 Å². The van der Waals surface area contributed by atoms with Crippen molar-refractivity contribution in [2.75, 3.05) is 13.1 Å². The van der Waals surface area contributed by atoms with Crippen molar-refractivity contribution in [2.45, 2.75) is 45.3 Å². The summed E-state index contributed by atoms with van der Waals surface area (Å²) >= 11 is 0. The van der Waals surface area contributed by atoms with Gasteiger partial charge in [0.05, 0.1) is 0 Å². The van der Waals surface area contributed by atoms with Crippen LogP contribution in [-0.2, 0) is 6.42 Å². The van der Waals surface area contributed by atoms with Crippen molar-refractivity contribution in [2.24, 2.45) is 0 Å². The summed E-state index contributed by atoms with van der Waals surface area (Å²) in [6.45, 7) is 9.14. The summed E-state index contributed by atoms with van der Waals surface area (Å²) in [7, 11) is 0. The zero-order valence-electron chi connectivity index (χ0n) is 11.2. The maximum atomic E-state index is 3.60. The van der Waals surface area contributed by atoms with E-state index in [2.05, 4.69) is 61.3 Å². The Morgan fingerprint density at radius 1 is 1.29 bits per heavy atom. The molecule has 1 heterocycles. The first kappa shape index (κ1) is 12.6. The molecule has 2 heteroatoms. The minimum absolute atomic E-state index is 0.615. The quantitative estimate of drug-likeness (QED) is 0.860. The van der Waals surface area contributed by atoms with E-state index >= 15 is 0 Å². The lowest BCUT2D eigenvalue weighted by atomic mass is 10.00. The fourth-order valence-corrected chi connectivity index (χ4v) is 2.69. The Hall–Kier alpha value is -0.860. The first-order valence-electron chi connectivity index (χ1n) is 6.70. The largest absolute Gasteiger partial charge is 0.311 e.